The van der Waals surface area contributed by atoms with Gasteiger partial charge in [0.1, 0.15) is 0 Å². The van der Waals surface area contributed by atoms with Gasteiger partial charge >= 0.3 is 0 Å². The third kappa shape index (κ3) is 28.1. The summed E-state index contributed by atoms with van der Waals surface area (Å²) >= 11 is 0. The van der Waals surface area contributed by atoms with E-state index >= 15 is 0 Å². The number of nitrogens with one attached hydrogen (secondary N) is 2. The molecule has 0 aliphatic heterocycles. The Balaban J connectivity index is 0.000000405. The molecular formula is C52H88N2. The molecule has 3 aromatic rings. The summed E-state index contributed by atoms with van der Waals surface area (Å²) in [5.74, 6) is 0. The van der Waals surface area contributed by atoms with Crippen molar-refractivity contribution in [3.8, 4) is 0 Å². The molecule has 0 radical (unpaired) electrons. The normalized spacial score (nSPS) is 12.8. The van der Waals surface area contributed by atoms with Crippen LogP contribution in [0.25, 0.3) is 0 Å². The zero-order valence-electron chi connectivity index (χ0n) is 39.0. The zero-order valence-corrected chi connectivity index (χ0v) is 39.0. The van der Waals surface area contributed by atoms with E-state index in [0.717, 1.165) is 13.1 Å². The van der Waals surface area contributed by atoms with Gasteiger partial charge in [0.15, 0.2) is 0 Å². The van der Waals surface area contributed by atoms with Crippen LogP contribution in [0.4, 0.5) is 0 Å². The minimum atomic E-state index is 0.178. The highest BCUT2D eigenvalue weighted by Gasteiger charge is 2.15. The Morgan fingerprint density at radius 2 is 0.685 bits per heavy atom. The van der Waals surface area contributed by atoms with Crippen LogP contribution < -0.4 is 10.6 Å². The minimum absolute atomic E-state index is 0.178. The third-order valence-corrected chi connectivity index (χ3v) is 9.40. The van der Waals surface area contributed by atoms with Crippen molar-refractivity contribution in [3.05, 3.63) is 106 Å². The molecule has 0 atom stereocenters. The van der Waals surface area contributed by atoms with Crippen molar-refractivity contribution in [1.82, 2.24) is 10.6 Å². The van der Waals surface area contributed by atoms with E-state index in [-0.39, 0.29) is 11.1 Å². The fourth-order valence-electron chi connectivity index (χ4n) is 5.53. The van der Waals surface area contributed by atoms with Crippen LogP contribution in [0.2, 0.25) is 0 Å². The van der Waals surface area contributed by atoms with Gasteiger partial charge in [-0.1, -0.05) is 156 Å². The van der Waals surface area contributed by atoms with E-state index < -0.39 is 0 Å². The van der Waals surface area contributed by atoms with Crippen molar-refractivity contribution in [2.45, 2.75) is 200 Å². The van der Waals surface area contributed by atoms with E-state index in [4.69, 9.17) is 0 Å². The maximum atomic E-state index is 3.58. The molecule has 0 amide bonds. The molecule has 3 rings (SSSR count). The number of rotatable bonds is 12. The van der Waals surface area contributed by atoms with E-state index in [0.29, 0.717) is 21.7 Å². The van der Waals surface area contributed by atoms with Gasteiger partial charge in [-0.05, 0) is 148 Å². The van der Waals surface area contributed by atoms with Crippen molar-refractivity contribution in [2.75, 3.05) is 0 Å². The summed E-state index contributed by atoms with van der Waals surface area (Å²) in [5, 5.41) is 7.09. The molecule has 54 heavy (non-hydrogen) atoms. The largest absolute Gasteiger partial charge is 0.308 e. The highest BCUT2D eigenvalue weighted by molar-refractivity contribution is 5.28. The Hall–Kier alpha value is -2.42. The molecule has 0 saturated carbocycles. The fraction of sp³-hybridized carbons (Fsp3) is 0.654. The summed E-state index contributed by atoms with van der Waals surface area (Å²) in [7, 11) is 0. The van der Waals surface area contributed by atoms with Crippen LogP contribution in [0.1, 0.15) is 184 Å². The van der Waals surface area contributed by atoms with Crippen LogP contribution in [0.5, 0.6) is 0 Å². The van der Waals surface area contributed by atoms with Crippen LogP contribution in [0, 0.1) is 21.7 Å². The molecule has 0 saturated heterocycles. The third-order valence-electron chi connectivity index (χ3n) is 9.40. The van der Waals surface area contributed by atoms with Gasteiger partial charge in [0, 0.05) is 24.2 Å². The molecule has 3 aromatic carbocycles. The summed E-state index contributed by atoms with van der Waals surface area (Å²) in [5.41, 5.74) is 10.8. The van der Waals surface area contributed by atoms with Crippen LogP contribution >= 0.6 is 0 Å². The van der Waals surface area contributed by atoms with Crippen molar-refractivity contribution in [1.29, 1.82) is 0 Å². The Labute approximate surface area is 337 Å². The average molecular weight is 741 g/mol. The molecule has 0 aromatic heterocycles. The summed E-state index contributed by atoms with van der Waals surface area (Å²) in [6, 6.07) is 27.0. The number of hydrogen-bond donors (Lipinski definition) is 2. The molecule has 306 valence electrons. The predicted molar refractivity (Wildman–Crippen MR) is 244 cm³/mol. The first-order valence-corrected chi connectivity index (χ1v) is 21.2. The van der Waals surface area contributed by atoms with Gasteiger partial charge in [0.25, 0.3) is 0 Å². The van der Waals surface area contributed by atoms with Gasteiger partial charge in [-0.3, -0.25) is 0 Å². The smallest absolute Gasteiger partial charge is 0.0213 e. The molecule has 0 aliphatic carbocycles. The Morgan fingerprint density at radius 1 is 0.333 bits per heavy atom. The topological polar surface area (TPSA) is 24.1 Å². The molecule has 0 aliphatic rings. The molecule has 0 spiro atoms. The van der Waals surface area contributed by atoms with Crippen LogP contribution in [0.3, 0.4) is 0 Å². The first-order valence-electron chi connectivity index (χ1n) is 21.2. The van der Waals surface area contributed by atoms with Gasteiger partial charge in [0.2, 0.25) is 0 Å². The Kier molecular flexibility index (Phi) is 20.0. The summed E-state index contributed by atoms with van der Waals surface area (Å²) in [6.45, 7) is 42.9. The lowest BCUT2D eigenvalue weighted by Gasteiger charge is -2.23. The van der Waals surface area contributed by atoms with E-state index in [1.165, 1.54) is 84.7 Å². The van der Waals surface area contributed by atoms with Gasteiger partial charge in [-0.25, -0.2) is 0 Å². The fourth-order valence-corrected chi connectivity index (χ4v) is 5.53. The predicted octanol–water partition coefficient (Wildman–Crippen LogP) is 14.8. The maximum Gasteiger partial charge on any atom is 0.0213 e. The van der Waals surface area contributed by atoms with Crippen molar-refractivity contribution >= 4 is 0 Å². The molecule has 2 nitrogen and oxygen atoms in total. The van der Waals surface area contributed by atoms with Gasteiger partial charge in [0.05, 0.1) is 0 Å². The van der Waals surface area contributed by atoms with Crippen molar-refractivity contribution in [2.24, 2.45) is 21.7 Å². The monoisotopic (exact) mass is 741 g/mol. The number of benzene rings is 3. The van der Waals surface area contributed by atoms with Gasteiger partial charge in [-0.15, -0.1) is 0 Å². The first-order chi connectivity index (χ1) is 24.5. The summed E-state index contributed by atoms with van der Waals surface area (Å²) in [6.07, 6.45) is 9.75. The summed E-state index contributed by atoms with van der Waals surface area (Å²) in [4.78, 5) is 0. The standard InChI is InChI=1S/C18H30.2C17H29N/c1-17(2,3)12-10-15-8-7-9-16(14-15)11-13-18(4,5)6;1-16(2,3)12-11-14-7-9-15(10-8-14)13-18-17(4,5)6;1-16(2,3)12-11-14-9-7-8-10-15(14)13-18-17(4,5)6/h7-9,14H,10-13H2,1-6H3;2*7-10,18H,11-13H2,1-6H3. The molecule has 0 fully saturated rings. The quantitative estimate of drug-likeness (QED) is 0.193. The van der Waals surface area contributed by atoms with Crippen molar-refractivity contribution in [3.63, 3.8) is 0 Å². The Bertz CT molecular complexity index is 1330. The van der Waals surface area contributed by atoms with Gasteiger partial charge in [-0.2, -0.15) is 0 Å². The summed E-state index contributed by atoms with van der Waals surface area (Å²) < 4.78 is 0. The van der Waals surface area contributed by atoms with E-state index in [1.807, 2.05) is 0 Å². The molecular weight excluding hydrogens is 653 g/mol. The molecule has 2 heteroatoms. The van der Waals surface area contributed by atoms with Crippen LogP contribution in [-0.2, 0) is 38.8 Å². The van der Waals surface area contributed by atoms with Gasteiger partial charge < -0.3 is 10.6 Å². The highest BCUT2D eigenvalue weighted by atomic mass is 14.9. The lowest BCUT2D eigenvalue weighted by atomic mass is 9.87. The minimum Gasteiger partial charge on any atom is -0.308 e. The highest BCUT2D eigenvalue weighted by Crippen LogP contribution is 2.26. The lowest BCUT2D eigenvalue weighted by molar-refractivity contribution is 0.376. The van der Waals surface area contributed by atoms with E-state index in [2.05, 4.69) is 208 Å². The number of aryl methyl sites for hydroxylation is 4. The maximum absolute atomic E-state index is 3.58. The zero-order chi connectivity index (χ0) is 41.4. The van der Waals surface area contributed by atoms with E-state index in [9.17, 15) is 0 Å². The molecule has 2 N–H and O–H groups in total. The average Bonchev–Trinajstić information content (AvgIpc) is 3.02. The molecule has 0 heterocycles. The number of hydrogen-bond acceptors (Lipinski definition) is 2. The second-order valence-electron chi connectivity index (χ2n) is 22.9. The van der Waals surface area contributed by atoms with Crippen LogP contribution in [-0.4, -0.2) is 11.1 Å². The van der Waals surface area contributed by atoms with Crippen LogP contribution in [0.15, 0.2) is 72.8 Å². The lowest BCUT2D eigenvalue weighted by Crippen LogP contribution is -2.35. The second-order valence-corrected chi connectivity index (χ2v) is 22.9. The molecule has 0 bridgehead atoms. The van der Waals surface area contributed by atoms with Crippen molar-refractivity contribution < 1.29 is 0 Å². The first kappa shape index (κ1) is 49.6. The van der Waals surface area contributed by atoms with E-state index in [1.54, 1.807) is 0 Å². The SMILES string of the molecule is CC(C)(C)CCc1ccc(CNC(C)(C)C)cc1.CC(C)(C)CCc1cccc(CCC(C)(C)C)c1.CC(C)(C)CCc1ccccc1CNC(C)(C)C. The Morgan fingerprint density at radius 3 is 1.09 bits per heavy atom. The second kappa shape index (κ2) is 21.8. The molecule has 0 unspecified atom stereocenters.